The van der Waals surface area contributed by atoms with Crippen molar-refractivity contribution in [1.29, 1.82) is 0 Å². The van der Waals surface area contributed by atoms with E-state index in [4.69, 9.17) is 0 Å². The molecule has 1 amide bonds. The zero-order valence-electron chi connectivity index (χ0n) is 17.0. The van der Waals surface area contributed by atoms with Crippen LogP contribution in [-0.2, 0) is 0 Å². The molecular weight excluding hydrogens is 362 g/mol. The minimum Gasteiger partial charge on any atom is -0.378 e. The topological polar surface area (TPSA) is 62.5 Å². The number of anilines is 2. The lowest BCUT2D eigenvalue weighted by molar-refractivity contribution is 0.102. The maximum atomic E-state index is 12.8. The third-order valence-corrected chi connectivity index (χ3v) is 4.88. The molecule has 146 valence electrons. The second-order valence-corrected chi connectivity index (χ2v) is 7.31. The lowest BCUT2D eigenvalue weighted by Crippen LogP contribution is -2.12. The van der Waals surface area contributed by atoms with Crippen LogP contribution in [-0.4, -0.2) is 34.6 Å². The van der Waals surface area contributed by atoms with Crippen LogP contribution in [0.3, 0.4) is 0 Å². The third kappa shape index (κ3) is 3.69. The lowest BCUT2D eigenvalue weighted by Gasteiger charge is -2.13. The Kier molecular flexibility index (Phi) is 4.76. The highest BCUT2D eigenvalue weighted by Crippen LogP contribution is 2.24. The van der Waals surface area contributed by atoms with Crippen LogP contribution in [0, 0.1) is 13.8 Å². The molecule has 1 N–H and O–H groups in total. The molecule has 2 aromatic heterocycles. The fourth-order valence-electron chi connectivity index (χ4n) is 3.33. The molecule has 0 fully saturated rings. The Labute approximate surface area is 169 Å². The van der Waals surface area contributed by atoms with E-state index in [-0.39, 0.29) is 5.91 Å². The highest BCUT2D eigenvalue weighted by molar-refractivity contribution is 6.08. The number of aryl methyl sites for hydroxylation is 2. The van der Waals surface area contributed by atoms with E-state index in [9.17, 15) is 4.79 Å². The molecule has 0 spiro atoms. The SMILES string of the molecule is Cc1cc(C)n2ncc(C(=O)Nc3ccc(-c4ccc(N(C)C)cc4)cc3)c2n1. The summed E-state index contributed by atoms with van der Waals surface area (Å²) < 4.78 is 1.68. The molecule has 0 aliphatic heterocycles. The largest absolute Gasteiger partial charge is 0.378 e. The molecule has 0 bridgehead atoms. The second-order valence-electron chi connectivity index (χ2n) is 7.31. The van der Waals surface area contributed by atoms with Gasteiger partial charge in [0.25, 0.3) is 5.91 Å². The fourth-order valence-corrected chi connectivity index (χ4v) is 3.33. The Bertz CT molecular complexity index is 1170. The molecule has 0 aliphatic carbocycles. The van der Waals surface area contributed by atoms with Gasteiger partial charge in [-0.2, -0.15) is 5.10 Å². The summed E-state index contributed by atoms with van der Waals surface area (Å²) in [5.74, 6) is -0.222. The number of hydrogen-bond acceptors (Lipinski definition) is 4. The quantitative estimate of drug-likeness (QED) is 0.568. The minimum atomic E-state index is -0.222. The summed E-state index contributed by atoms with van der Waals surface area (Å²) in [4.78, 5) is 19.3. The van der Waals surface area contributed by atoms with Gasteiger partial charge in [-0.05, 0) is 55.3 Å². The number of nitrogens with one attached hydrogen (secondary N) is 1. The molecule has 0 saturated carbocycles. The van der Waals surface area contributed by atoms with Gasteiger partial charge >= 0.3 is 0 Å². The standard InChI is InChI=1S/C23H23N5O/c1-15-13-16(2)28-22(25-15)21(14-24-28)23(29)26-19-9-5-17(6-10-19)18-7-11-20(12-8-18)27(3)4/h5-14H,1-4H3,(H,26,29). The predicted molar refractivity (Wildman–Crippen MR) is 117 cm³/mol. The van der Waals surface area contributed by atoms with Crippen LogP contribution < -0.4 is 10.2 Å². The van der Waals surface area contributed by atoms with E-state index in [0.717, 1.165) is 33.9 Å². The van der Waals surface area contributed by atoms with E-state index >= 15 is 0 Å². The van der Waals surface area contributed by atoms with Crippen molar-refractivity contribution in [3.05, 3.63) is 77.7 Å². The monoisotopic (exact) mass is 385 g/mol. The third-order valence-electron chi connectivity index (χ3n) is 4.88. The number of carbonyl (C=O) groups excluding carboxylic acids is 1. The molecule has 4 aromatic rings. The summed E-state index contributed by atoms with van der Waals surface area (Å²) in [6.07, 6.45) is 1.56. The Hall–Kier alpha value is -3.67. The first-order valence-electron chi connectivity index (χ1n) is 9.43. The van der Waals surface area contributed by atoms with E-state index in [1.165, 1.54) is 0 Å². The summed E-state index contributed by atoms with van der Waals surface area (Å²) >= 11 is 0. The van der Waals surface area contributed by atoms with E-state index in [1.54, 1.807) is 10.7 Å². The lowest BCUT2D eigenvalue weighted by atomic mass is 10.0. The number of rotatable bonds is 4. The van der Waals surface area contributed by atoms with Gasteiger partial charge in [0.1, 0.15) is 5.56 Å². The number of benzene rings is 2. The maximum absolute atomic E-state index is 12.8. The normalized spacial score (nSPS) is 10.9. The number of fused-ring (bicyclic) bond motifs is 1. The molecular formula is C23H23N5O. The molecule has 2 aromatic carbocycles. The van der Waals surface area contributed by atoms with Crippen LogP contribution in [0.15, 0.2) is 60.8 Å². The predicted octanol–water partition coefficient (Wildman–Crippen LogP) is 4.33. The number of amides is 1. The average Bonchev–Trinajstić information content (AvgIpc) is 3.13. The highest BCUT2D eigenvalue weighted by Gasteiger charge is 2.15. The van der Waals surface area contributed by atoms with Gasteiger partial charge in [-0.3, -0.25) is 4.79 Å². The highest BCUT2D eigenvalue weighted by atomic mass is 16.1. The summed E-state index contributed by atoms with van der Waals surface area (Å²) in [5, 5.41) is 7.22. The van der Waals surface area contributed by atoms with Gasteiger partial charge in [0, 0.05) is 36.9 Å². The Morgan fingerprint density at radius 1 is 0.966 bits per heavy atom. The van der Waals surface area contributed by atoms with E-state index in [2.05, 4.69) is 44.6 Å². The van der Waals surface area contributed by atoms with Crippen molar-refractivity contribution < 1.29 is 4.79 Å². The van der Waals surface area contributed by atoms with Gasteiger partial charge in [-0.15, -0.1) is 0 Å². The van der Waals surface area contributed by atoms with Gasteiger partial charge in [0.2, 0.25) is 0 Å². The Balaban J connectivity index is 1.54. The van der Waals surface area contributed by atoms with Crippen LogP contribution in [0.25, 0.3) is 16.8 Å². The van der Waals surface area contributed by atoms with Crippen molar-refractivity contribution in [2.75, 3.05) is 24.3 Å². The summed E-state index contributed by atoms with van der Waals surface area (Å²) in [5.41, 5.74) is 6.93. The van der Waals surface area contributed by atoms with E-state index < -0.39 is 0 Å². The molecule has 29 heavy (non-hydrogen) atoms. The molecule has 6 heteroatoms. The first-order chi connectivity index (χ1) is 13.9. The van der Waals surface area contributed by atoms with E-state index in [0.29, 0.717) is 11.2 Å². The van der Waals surface area contributed by atoms with Crippen molar-refractivity contribution in [3.63, 3.8) is 0 Å². The van der Waals surface area contributed by atoms with Gasteiger partial charge in [-0.25, -0.2) is 9.50 Å². The van der Waals surface area contributed by atoms with Crippen molar-refractivity contribution in [2.24, 2.45) is 0 Å². The summed E-state index contributed by atoms with van der Waals surface area (Å²) in [6.45, 7) is 3.85. The second kappa shape index (κ2) is 7.39. The smallest absolute Gasteiger partial charge is 0.261 e. The first-order valence-corrected chi connectivity index (χ1v) is 9.43. The molecule has 0 aliphatic rings. The molecule has 4 rings (SSSR count). The van der Waals surface area contributed by atoms with Gasteiger partial charge in [0.05, 0.1) is 6.20 Å². The van der Waals surface area contributed by atoms with Crippen LogP contribution in [0.5, 0.6) is 0 Å². The zero-order valence-corrected chi connectivity index (χ0v) is 17.0. The molecule has 0 saturated heterocycles. The first kappa shape index (κ1) is 18.7. The van der Waals surface area contributed by atoms with Crippen LogP contribution in [0.1, 0.15) is 21.7 Å². The fraction of sp³-hybridized carbons (Fsp3) is 0.174. The number of nitrogens with zero attached hydrogens (tertiary/aromatic N) is 4. The van der Waals surface area contributed by atoms with Gasteiger partial charge < -0.3 is 10.2 Å². The van der Waals surface area contributed by atoms with Crippen LogP contribution in [0.4, 0.5) is 11.4 Å². The number of aromatic nitrogens is 3. The summed E-state index contributed by atoms with van der Waals surface area (Å²) in [7, 11) is 4.04. The van der Waals surface area contributed by atoms with Crippen molar-refractivity contribution in [1.82, 2.24) is 14.6 Å². The van der Waals surface area contributed by atoms with Crippen LogP contribution in [0.2, 0.25) is 0 Å². The van der Waals surface area contributed by atoms with Gasteiger partial charge in [0.15, 0.2) is 5.65 Å². The molecule has 0 unspecified atom stereocenters. The van der Waals surface area contributed by atoms with Gasteiger partial charge in [-0.1, -0.05) is 24.3 Å². The number of hydrogen-bond donors (Lipinski definition) is 1. The number of carbonyl (C=O) groups is 1. The summed E-state index contributed by atoms with van der Waals surface area (Å²) in [6, 6.07) is 18.1. The Morgan fingerprint density at radius 2 is 1.59 bits per heavy atom. The maximum Gasteiger partial charge on any atom is 0.261 e. The molecule has 0 atom stereocenters. The van der Waals surface area contributed by atoms with Crippen molar-refractivity contribution in [2.45, 2.75) is 13.8 Å². The van der Waals surface area contributed by atoms with E-state index in [1.807, 2.05) is 58.3 Å². The Morgan fingerprint density at radius 3 is 2.21 bits per heavy atom. The van der Waals surface area contributed by atoms with Crippen molar-refractivity contribution in [3.8, 4) is 11.1 Å². The zero-order chi connectivity index (χ0) is 20.5. The minimum absolute atomic E-state index is 0.222. The molecule has 2 heterocycles. The molecule has 0 radical (unpaired) electrons. The molecule has 6 nitrogen and oxygen atoms in total. The average molecular weight is 385 g/mol. The van der Waals surface area contributed by atoms with Crippen LogP contribution >= 0.6 is 0 Å². The van der Waals surface area contributed by atoms with Crippen molar-refractivity contribution >= 4 is 22.9 Å².